The zero-order valence-electron chi connectivity index (χ0n) is 12.3. The number of benzene rings is 1. The van der Waals surface area contributed by atoms with Gasteiger partial charge >= 0.3 is 0 Å². The molecule has 19 heavy (non-hydrogen) atoms. The third kappa shape index (κ3) is 4.52. The Labute approximate surface area is 117 Å². The lowest BCUT2D eigenvalue weighted by atomic mass is 9.92. The highest BCUT2D eigenvalue weighted by Gasteiger charge is 2.11. The average molecular weight is 260 g/mol. The Bertz CT molecular complexity index is 402. The van der Waals surface area contributed by atoms with E-state index in [1.54, 1.807) is 0 Å². The maximum Gasteiger partial charge on any atom is 0.180 e. The van der Waals surface area contributed by atoms with Gasteiger partial charge in [0.15, 0.2) is 11.9 Å². The van der Waals surface area contributed by atoms with Gasteiger partial charge in [-0.1, -0.05) is 46.5 Å². The summed E-state index contributed by atoms with van der Waals surface area (Å²) in [4.78, 5) is 9.74. The van der Waals surface area contributed by atoms with Crippen LogP contribution in [-0.2, 0) is 24.2 Å². The summed E-state index contributed by atoms with van der Waals surface area (Å²) in [6.45, 7) is 6.61. The van der Waals surface area contributed by atoms with Crippen LogP contribution in [0.25, 0.3) is 0 Å². The van der Waals surface area contributed by atoms with Crippen LogP contribution in [0.5, 0.6) is 5.75 Å². The van der Waals surface area contributed by atoms with Crippen molar-refractivity contribution in [1.82, 2.24) is 0 Å². The molecule has 2 heteroatoms. The van der Waals surface area contributed by atoms with Gasteiger partial charge < -0.3 is 0 Å². The van der Waals surface area contributed by atoms with Gasteiger partial charge in [0.2, 0.25) is 0 Å². The van der Waals surface area contributed by atoms with Crippen LogP contribution >= 0.6 is 0 Å². The smallest absolute Gasteiger partial charge is 0.180 e. The van der Waals surface area contributed by atoms with Gasteiger partial charge in [0.25, 0.3) is 0 Å². The van der Waals surface area contributed by atoms with Crippen LogP contribution in [0.4, 0.5) is 0 Å². The second-order valence-corrected chi connectivity index (χ2v) is 4.75. The monoisotopic (exact) mass is 260 g/mol. The molecule has 1 aromatic carbocycles. The van der Waals surface area contributed by atoms with Crippen molar-refractivity contribution in [2.75, 3.05) is 0 Å². The molecule has 0 amide bonds. The predicted octanol–water partition coefficient (Wildman–Crippen LogP) is 4.45. The SMILES string of the molecule is C#COOc1cc(CCC)c(CCC)c(CCC)c1. The van der Waals surface area contributed by atoms with Crippen molar-refractivity contribution < 1.29 is 9.78 Å². The van der Waals surface area contributed by atoms with Gasteiger partial charge in [0.1, 0.15) is 0 Å². The van der Waals surface area contributed by atoms with E-state index in [2.05, 4.69) is 37.8 Å². The van der Waals surface area contributed by atoms with Crippen LogP contribution in [0.15, 0.2) is 12.1 Å². The maximum absolute atomic E-state index is 5.13. The third-order valence-corrected chi connectivity index (χ3v) is 3.13. The summed E-state index contributed by atoms with van der Waals surface area (Å²) in [5.74, 6) is 0.713. The molecule has 104 valence electrons. The van der Waals surface area contributed by atoms with E-state index >= 15 is 0 Å². The zero-order chi connectivity index (χ0) is 14.1. The summed E-state index contributed by atoms with van der Waals surface area (Å²) < 4.78 is 0. The molecule has 0 saturated carbocycles. The van der Waals surface area contributed by atoms with Gasteiger partial charge in [-0.3, -0.25) is 4.89 Å². The molecule has 2 nitrogen and oxygen atoms in total. The Morgan fingerprint density at radius 2 is 1.47 bits per heavy atom. The fraction of sp³-hybridized carbons (Fsp3) is 0.529. The molecule has 0 heterocycles. The molecule has 1 rings (SSSR count). The Morgan fingerprint density at radius 3 is 1.89 bits per heavy atom. The van der Waals surface area contributed by atoms with Crippen molar-refractivity contribution in [3.05, 3.63) is 28.8 Å². The standard InChI is InChI=1S/C17H24O2/c1-5-9-14-12-16(19-18-8-4)13-15(10-6-2)17(14)11-7-3/h4,12-13H,5-7,9-11H2,1-3H3. The molecule has 0 aliphatic rings. The Hall–Kier alpha value is -1.62. The maximum atomic E-state index is 5.13. The first-order valence-corrected chi connectivity index (χ1v) is 7.20. The summed E-state index contributed by atoms with van der Waals surface area (Å²) in [6.07, 6.45) is 13.8. The van der Waals surface area contributed by atoms with E-state index in [1.165, 1.54) is 16.7 Å². The minimum Gasteiger partial charge on any atom is -0.281 e. The first-order chi connectivity index (χ1) is 9.26. The summed E-state index contributed by atoms with van der Waals surface area (Å²) in [5.41, 5.74) is 4.22. The van der Waals surface area contributed by atoms with Crippen LogP contribution in [-0.4, -0.2) is 0 Å². The lowest BCUT2D eigenvalue weighted by Crippen LogP contribution is -2.03. The average Bonchev–Trinajstić information content (AvgIpc) is 2.40. The van der Waals surface area contributed by atoms with Gasteiger partial charge in [-0.2, -0.15) is 0 Å². The molecule has 0 bridgehead atoms. The summed E-state index contributed by atoms with van der Waals surface area (Å²) in [7, 11) is 0. The highest BCUT2D eigenvalue weighted by atomic mass is 17.2. The van der Waals surface area contributed by atoms with Gasteiger partial charge in [-0.05, 0) is 48.1 Å². The van der Waals surface area contributed by atoms with E-state index in [4.69, 9.17) is 11.3 Å². The van der Waals surface area contributed by atoms with E-state index in [1.807, 2.05) is 6.11 Å². The third-order valence-electron chi connectivity index (χ3n) is 3.13. The Kier molecular flexibility index (Phi) is 6.89. The molecule has 0 fully saturated rings. The number of terminal acetylenes is 1. The van der Waals surface area contributed by atoms with E-state index in [0.29, 0.717) is 5.75 Å². The highest BCUT2D eigenvalue weighted by molar-refractivity contribution is 5.42. The van der Waals surface area contributed by atoms with Crippen molar-refractivity contribution in [3.63, 3.8) is 0 Å². The van der Waals surface area contributed by atoms with E-state index < -0.39 is 0 Å². The summed E-state index contributed by atoms with van der Waals surface area (Å²) in [6, 6.07) is 4.12. The zero-order valence-corrected chi connectivity index (χ0v) is 12.3. The first-order valence-electron chi connectivity index (χ1n) is 7.20. The Balaban J connectivity index is 3.14. The van der Waals surface area contributed by atoms with E-state index in [-0.39, 0.29) is 0 Å². The molecule has 0 atom stereocenters. The molecule has 0 radical (unpaired) electrons. The largest absolute Gasteiger partial charge is 0.281 e. The molecule has 0 aromatic heterocycles. The van der Waals surface area contributed by atoms with Gasteiger partial charge in [0, 0.05) is 0 Å². The van der Waals surface area contributed by atoms with E-state index in [0.717, 1.165) is 38.5 Å². The van der Waals surface area contributed by atoms with Crippen molar-refractivity contribution >= 4 is 0 Å². The highest BCUT2D eigenvalue weighted by Crippen LogP contribution is 2.26. The van der Waals surface area contributed by atoms with Gasteiger partial charge in [-0.15, -0.1) is 0 Å². The minimum atomic E-state index is 0.713. The fourth-order valence-corrected chi connectivity index (χ4v) is 2.44. The second-order valence-electron chi connectivity index (χ2n) is 4.75. The fourth-order valence-electron chi connectivity index (χ4n) is 2.44. The summed E-state index contributed by atoms with van der Waals surface area (Å²) >= 11 is 0. The van der Waals surface area contributed by atoms with Crippen LogP contribution in [0.1, 0.15) is 56.7 Å². The second kappa shape index (κ2) is 8.48. The molecule has 0 spiro atoms. The predicted molar refractivity (Wildman–Crippen MR) is 79.0 cm³/mol. The van der Waals surface area contributed by atoms with Crippen molar-refractivity contribution in [1.29, 1.82) is 0 Å². The normalized spacial score (nSPS) is 10.0. The number of hydrogen-bond acceptors (Lipinski definition) is 2. The number of hydrogen-bond donors (Lipinski definition) is 0. The van der Waals surface area contributed by atoms with Crippen molar-refractivity contribution in [2.45, 2.75) is 59.3 Å². The lowest BCUT2D eigenvalue weighted by Gasteiger charge is -2.15. The van der Waals surface area contributed by atoms with E-state index in [9.17, 15) is 0 Å². The molecule has 1 aromatic rings. The van der Waals surface area contributed by atoms with Crippen LogP contribution in [0.3, 0.4) is 0 Å². The molecule has 0 saturated heterocycles. The molecule has 0 N–H and O–H groups in total. The van der Waals surface area contributed by atoms with Gasteiger partial charge in [-0.25, -0.2) is 4.89 Å². The molecule has 0 aliphatic carbocycles. The first kappa shape index (κ1) is 15.4. The lowest BCUT2D eigenvalue weighted by molar-refractivity contribution is -0.133. The Morgan fingerprint density at radius 1 is 0.947 bits per heavy atom. The van der Waals surface area contributed by atoms with Crippen LogP contribution < -0.4 is 4.89 Å². The van der Waals surface area contributed by atoms with Gasteiger partial charge in [0.05, 0.1) is 0 Å². The van der Waals surface area contributed by atoms with Crippen LogP contribution in [0, 0.1) is 12.5 Å². The van der Waals surface area contributed by atoms with Crippen molar-refractivity contribution in [2.24, 2.45) is 0 Å². The molecular weight excluding hydrogens is 236 g/mol. The quantitative estimate of drug-likeness (QED) is 0.391. The molecule has 0 unspecified atom stereocenters. The topological polar surface area (TPSA) is 18.5 Å². The van der Waals surface area contributed by atoms with Crippen LogP contribution in [0.2, 0.25) is 0 Å². The number of rotatable bonds is 8. The molecular formula is C17H24O2. The summed E-state index contributed by atoms with van der Waals surface area (Å²) in [5, 5.41) is 0. The number of aryl methyl sites for hydroxylation is 2. The van der Waals surface area contributed by atoms with Crippen molar-refractivity contribution in [3.8, 4) is 18.3 Å². The minimum absolute atomic E-state index is 0.713. The molecule has 0 aliphatic heterocycles.